The molecule has 8 heteroatoms. The first-order chi connectivity index (χ1) is 11.9. The molecule has 0 aliphatic carbocycles. The molecule has 1 aromatic rings. The van der Waals surface area contributed by atoms with Gasteiger partial charge < -0.3 is 24.5 Å². The standard InChI is InChI=1S/C18H23N3O4.ClH/c1-20(2)17(22)15-9-10-18(23,21(3)11-15)13-19-25-12-14-5-7-16(24-4)8-6-14;/h5-11,13,23H,12H2,1-4H3;1H. The second kappa shape index (κ2) is 9.26. The van der Waals surface area contributed by atoms with Crippen LogP contribution in [0.15, 0.2) is 53.3 Å². The second-order valence-corrected chi connectivity index (χ2v) is 5.87. The zero-order valence-corrected chi connectivity index (χ0v) is 16.1. The quantitative estimate of drug-likeness (QED) is 0.600. The van der Waals surface area contributed by atoms with E-state index in [4.69, 9.17) is 9.57 Å². The number of benzene rings is 1. The average molecular weight is 382 g/mol. The molecule has 0 aromatic heterocycles. The van der Waals surface area contributed by atoms with E-state index in [1.807, 2.05) is 24.3 Å². The van der Waals surface area contributed by atoms with Crippen molar-refractivity contribution < 1.29 is 19.5 Å². The van der Waals surface area contributed by atoms with E-state index in [2.05, 4.69) is 5.16 Å². The molecule has 1 N–H and O–H groups in total. The van der Waals surface area contributed by atoms with Crippen LogP contribution >= 0.6 is 12.4 Å². The highest BCUT2D eigenvalue weighted by atomic mass is 35.5. The summed E-state index contributed by atoms with van der Waals surface area (Å²) in [5, 5.41) is 14.4. The third kappa shape index (κ3) is 5.24. The van der Waals surface area contributed by atoms with Crippen LogP contribution in [0.5, 0.6) is 5.75 Å². The summed E-state index contributed by atoms with van der Waals surface area (Å²) in [7, 11) is 6.61. The minimum absolute atomic E-state index is 0. The Morgan fingerprint density at radius 3 is 2.54 bits per heavy atom. The molecule has 1 aliphatic rings. The summed E-state index contributed by atoms with van der Waals surface area (Å²) in [4.78, 5) is 20.1. The van der Waals surface area contributed by atoms with Gasteiger partial charge in [-0.05, 0) is 29.8 Å². The zero-order valence-electron chi connectivity index (χ0n) is 15.2. The topological polar surface area (TPSA) is 74.6 Å². The zero-order chi connectivity index (χ0) is 18.4. The Balaban J connectivity index is 0.00000338. The number of ether oxygens (including phenoxy) is 1. The van der Waals surface area contributed by atoms with Crippen LogP contribution in [0.4, 0.5) is 0 Å². The van der Waals surface area contributed by atoms with Crippen molar-refractivity contribution in [3.63, 3.8) is 0 Å². The number of hydrogen-bond donors (Lipinski definition) is 1. The smallest absolute Gasteiger partial charge is 0.254 e. The monoisotopic (exact) mass is 381 g/mol. The fraction of sp³-hybridized carbons (Fsp3) is 0.333. The van der Waals surface area contributed by atoms with Gasteiger partial charge in [-0.2, -0.15) is 0 Å². The maximum absolute atomic E-state index is 11.9. The van der Waals surface area contributed by atoms with Crippen molar-refractivity contribution in [3.05, 3.63) is 53.8 Å². The van der Waals surface area contributed by atoms with Crippen LogP contribution in [0.25, 0.3) is 0 Å². The summed E-state index contributed by atoms with van der Waals surface area (Å²) in [6.07, 6.45) is 5.90. The van der Waals surface area contributed by atoms with E-state index in [9.17, 15) is 9.90 Å². The summed E-state index contributed by atoms with van der Waals surface area (Å²) in [5.74, 6) is 0.628. The van der Waals surface area contributed by atoms with Crippen molar-refractivity contribution in [2.75, 3.05) is 28.3 Å². The lowest BCUT2D eigenvalue weighted by Crippen LogP contribution is -2.45. The molecule has 1 amide bonds. The minimum Gasteiger partial charge on any atom is -0.497 e. The van der Waals surface area contributed by atoms with Crippen LogP contribution in [0.1, 0.15) is 5.56 Å². The van der Waals surface area contributed by atoms with E-state index < -0.39 is 5.72 Å². The predicted molar refractivity (Wildman–Crippen MR) is 102 cm³/mol. The van der Waals surface area contributed by atoms with Gasteiger partial charge in [0, 0.05) is 27.3 Å². The number of oxime groups is 1. The number of amides is 1. The van der Waals surface area contributed by atoms with E-state index in [1.54, 1.807) is 40.5 Å². The number of nitrogens with zero attached hydrogens (tertiary/aromatic N) is 3. The molecule has 0 radical (unpaired) electrons. The highest BCUT2D eigenvalue weighted by Gasteiger charge is 2.30. The highest BCUT2D eigenvalue weighted by Crippen LogP contribution is 2.20. The number of hydrogen-bond acceptors (Lipinski definition) is 6. The largest absolute Gasteiger partial charge is 0.497 e. The van der Waals surface area contributed by atoms with Gasteiger partial charge >= 0.3 is 0 Å². The van der Waals surface area contributed by atoms with E-state index >= 15 is 0 Å². The molecule has 0 fully saturated rings. The number of methoxy groups -OCH3 is 1. The van der Waals surface area contributed by atoms with Crippen LogP contribution in [0, 0.1) is 0 Å². The number of aliphatic hydroxyl groups is 1. The SMILES string of the molecule is COc1ccc(CON=CC2(O)C=CC(C(=O)N(C)C)=CN2C)cc1.Cl. The summed E-state index contributed by atoms with van der Waals surface area (Å²) in [6, 6.07) is 7.42. The first-order valence-corrected chi connectivity index (χ1v) is 7.73. The van der Waals surface area contributed by atoms with Crippen molar-refractivity contribution >= 4 is 24.5 Å². The third-order valence-electron chi connectivity index (χ3n) is 3.77. The van der Waals surface area contributed by atoms with Crippen molar-refractivity contribution in [1.29, 1.82) is 0 Å². The lowest BCUT2D eigenvalue weighted by molar-refractivity contribution is -0.124. The average Bonchev–Trinajstić information content (AvgIpc) is 2.61. The lowest BCUT2D eigenvalue weighted by Gasteiger charge is -2.33. The van der Waals surface area contributed by atoms with E-state index in [0.29, 0.717) is 5.57 Å². The van der Waals surface area contributed by atoms with Gasteiger partial charge in [0.05, 0.1) is 12.7 Å². The van der Waals surface area contributed by atoms with Crippen molar-refractivity contribution in [2.24, 2.45) is 5.16 Å². The van der Waals surface area contributed by atoms with E-state index in [0.717, 1.165) is 11.3 Å². The van der Waals surface area contributed by atoms with E-state index in [1.165, 1.54) is 22.1 Å². The van der Waals surface area contributed by atoms with E-state index in [-0.39, 0.29) is 24.9 Å². The van der Waals surface area contributed by atoms with Crippen molar-refractivity contribution in [3.8, 4) is 5.75 Å². The minimum atomic E-state index is -1.45. The normalized spacial score (nSPS) is 19.0. The molecular weight excluding hydrogens is 358 g/mol. The Hall–Kier alpha value is -2.51. The van der Waals surface area contributed by atoms with Gasteiger partial charge in [0.1, 0.15) is 18.6 Å². The molecule has 0 spiro atoms. The highest BCUT2D eigenvalue weighted by molar-refractivity contribution is 5.96. The van der Waals surface area contributed by atoms with Gasteiger partial charge in [0.2, 0.25) is 0 Å². The van der Waals surface area contributed by atoms with Gasteiger partial charge in [0.15, 0.2) is 5.72 Å². The summed E-state index contributed by atoms with van der Waals surface area (Å²) < 4.78 is 5.09. The molecule has 1 unspecified atom stereocenters. The Morgan fingerprint density at radius 2 is 2.00 bits per heavy atom. The molecule has 1 heterocycles. The molecule has 0 saturated heterocycles. The molecule has 1 aromatic carbocycles. The van der Waals surface area contributed by atoms with Gasteiger partial charge in [0.25, 0.3) is 5.91 Å². The van der Waals surface area contributed by atoms with Gasteiger partial charge in [-0.1, -0.05) is 17.3 Å². The molecule has 142 valence electrons. The first-order valence-electron chi connectivity index (χ1n) is 7.73. The van der Waals surface area contributed by atoms with Crippen LogP contribution in [-0.2, 0) is 16.2 Å². The summed E-state index contributed by atoms with van der Waals surface area (Å²) in [5.41, 5.74) is -0.0447. The molecule has 7 nitrogen and oxygen atoms in total. The number of likely N-dealkylation sites (N-methyl/N-ethyl adjacent to an activating group) is 2. The summed E-state index contributed by atoms with van der Waals surface area (Å²) >= 11 is 0. The van der Waals surface area contributed by atoms with Crippen LogP contribution in [-0.4, -0.2) is 61.0 Å². The fourth-order valence-electron chi connectivity index (χ4n) is 2.15. The van der Waals surface area contributed by atoms with Crippen LogP contribution in [0.3, 0.4) is 0 Å². The molecule has 0 saturated carbocycles. The molecule has 1 aliphatic heterocycles. The van der Waals surface area contributed by atoms with Crippen LogP contribution in [0.2, 0.25) is 0 Å². The van der Waals surface area contributed by atoms with Crippen LogP contribution < -0.4 is 4.74 Å². The Morgan fingerprint density at radius 1 is 1.35 bits per heavy atom. The molecule has 26 heavy (non-hydrogen) atoms. The molecule has 0 bridgehead atoms. The van der Waals surface area contributed by atoms with Crippen molar-refractivity contribution in [2.45, 2.75) is 12.3 Å². The predicted octanol–water partition coefficient (Wildman–Crippen LogP) is 1.78. The number of carbonyl (C=O) groups is 1. The Kier molecular flexibility index (Phi) is 7.67. The number of halogens is 1. The maximum atomic E-state index is 11.9. The Labute approximate surface area is 159 Å². The first kappa shape index (κ1) is 21.5. The van der Waals surface area contributed by atoms with Gasteiger partial charge in [-0.3, -0.25) is 4.79 Å². The van der Waals surface area contributed by atoms with Gasteiger partial charge in [-0.25, -0.2) is 0 Å². The number of carbonyl (C=O) groups excluding carboxylic acids is 1. The molecule has 2 rings (SSSR count). The van der Waals surface area contributed by atoms with Gasteiger partial charge in [-0.15, -0.1) is 12.4 Å². The second-order valence-electron chi connectivity index (χ2n) is 5.87. The number of rotatable bonds is 6. The van der Waals surface area contributed by atoms with Crippen molar-refractivity contribution in [1.82, 2.24) is 9.80 Å². The fourth-order valence-corrected chi connectivity index (χ4v) is 2.15. The molecular formula is C18H24ClN3O4. The lowest BCUT2D eigenvalue weighted by atomic mass is 10.1. The maximum Gasteiger partial charge on any atom is 0.254 e. The Bertz CT molecular complexity index is 701. The molecule has 1 atom stereocenters. The summed E-state index contributed by atoms with van der Waals surface area (Å²) in [6.45, 7) is 0.268. The third-order valence-corrected chi connectivity index (χ3v) is 3.77.